The Kier molecular flexibility index (Phi) is 4.50. The van der Waals surface area contributed by atoms with Crippen LogP contribution >= 0.6 is 34.5 Å². The zero-order chi connectivity index (χ0) is 13.2. The molecule has 1 aromatic heterocycles. The Bertz CT molecular complexity index is 511. The molecule has 0 aromatic carbocycles. The van der Waals surface area contributed by atoms with Gasteiger partial charge in [-0.05, 0) is 12.5 Å². The Morgan fingerprint density at radius 1 is 1.47 bits per heavy atom. The van der Waals surface area contributed by atoms with Gasteiger partial charge in [-0.1, -0.05) is 23.2 Å². The van der Waals surface area contributed by atoms with Gasteiger partial charge in [-0.3, -0.25) is 0 Å². The zero-order valence-electron chi connectivity index (χ0n) is 8.88. The molecule has 0 saturated carbocycles. The fourth-order valence-corrected chi connectivity index (χ4v) is 2.80. The third-order valence-corrected chi connectivity index (χ3v) is 3.80. The van der Waals surface area contributed by atoms with E-state index in [1.807, 2.05) is 0 Å². The number of methoxy groups -OCH3 is 1. The van der Waals surface area contributed by atoms with E-state index < -0.39 is 17.4 Å². The highest BCUT2D eigenvalue weighted by molar-refractivity contribution is 7.20. The highest BCUT2D eigenvalue weighted by atomic mass is 35.5. The first kappa shape index (κ1) is 14.0. The summed E-state index contributed by atoms with van der Waals surface area (Å²) in [5.41, 5.74) is 7.04. The molecule has 8 heteroatoms. The van der Waals surface area contributed by atoms with E-state index in [1.54, 1.807) is 6.92 Å². The molecule has 17 heavy (non-hydrogen) atoms. The molecular formula is C9H8Cl2N2O3S. The number of hydrogen-bond donors (Lipinski definition) is 2. The van der Waals surface area contributed by atoms with Crippen LogP contribution in [0.5, 0.6) is 0 Å². The predicted molar refractivity (Wildman–Crippen MR) is 65.8 cm³/mol. The summed E-state index contributed by atoms with van der Waals surface area (Å²) in [4.78, 5) is 11.3. The van der Waals surface area contributed by atoms with Crippen LogP contribution in [0.15, 0.2) is 10.8 Å². The van der Waals surface area contributed by atoms with Crippen molar-refractivity contribution in [2.75, 3.05) is 7.11 Å². The van der Waals surface area contributed by atoms with Crippen LogP contribution in [0.1, 0.15) is 11.1 Å². The number of aliphatic hydroxyl groups is 1. The van der Waals surface area contributed by atoms with Crippen LogP contribution in [-0.2, 0) is 9.53 Å². The first-order valence-corrected chi connectivity index (χ1v) is 5.85. The Balaban J connectivity index is 3.45. The minimum atomic E-state index is -0.921. The van der Waals surface area contributed by atoms with Crippen molar-refractivity contribution in [1.29, 1.82) is 5.53 Å². The van der Waals surface area contributed by atoms with Crippen molar-refractivity contribution in [3.63, 3.8) is 0 Å². The molecule has 0 bridgehead atoms. The highest BCUT2D eigenvalue weighted by Crippen LogP contribution is 2.40. The number of nitrogens with one attached hydrogen (secondary N) is 1. The minimum absolute atomic E-state index is 0.193. The van der Waals surface area contributed by atoms with E-state index >= 15 is 0 Å². The lowest BCUT2D eigenvalue weighted by Gasteiger charge is -2.04. The number of rotatable bonds is 3. The van der Waals surface area contributed by atoms with E-state index in [0.717, 1.165) is 18.4 Å². The number of aliphatic hydroxyl groups excluding tert-OH is 1. The summed E-state index contributed by atoms with van der Waals surface area (Å²) in [5, 5.41) is 12.8. The Hall–Kier alpha value is -1.11. The van der Waals surface area contributed by atoms with E-state index in [0.29, 0.717) is 9.90 Å². The standard InChI is InChI=1S/C9H8Cl2N2O3S/c1-3-4(8(11)17-7(3)10)6(14)5(13-12)9(15)16-2/h12,14H,1-2H3/b6-5+,13-12?. The predicted octanol–water partition coefficient (Wildman–Crippen LogP) is 3.79. The summed E-state index contributed by atoms with van der Waals surface area (Å²) in [6, 6.07) is 0. The van der Waals surface area contributed by atoms with Crippen LogP contribution in [0.3, 0.4) is 0 Å². The average Bonchev–Trinajstić information content (AvgIpc) is 2.53. The number of carbonyl (C=O) groups is 1. The molecular weight excluding hydrogens is 287 g/mol. The molecule has 0 aliphatic heterocycles. The molecule has 0 aliphatic carbocycles. The molecule has 0 amide bonds. The number of ether oxygens (including phenoxy) is 1. The van der Waals surface area contributed by atoms with Crippen LogP contribution in [0.25, 0.3) is 5.76 Å². The topological polar surface area (TPSA) is 82.7 Å². The van der Waals surface area contributed by atoms with Crippen molar-refractivity contribution in [1.82, 2.24) is 0 Å². The number of nitrogens with zero attached hydrogens (tertiary/aromatic N) is 1. The average molecular weight is 295 g/mol. The summed E-state index contributed by atoms with van der Waals surface area (Å²) in [6.45, 7) is 1.63. The van der Waals surface area contributed by atoms with Gasteiger partial charge in [-0.15, -0.1) is 16.5 Å². The molecule has 0 fully saturated rings. The molecule has 0 aliphatic rings. The molecule has 0 spiro atoms. The van der Waals surface area contributed by atoms with E-state index in [1.165, 1.54) is 0 Å². The highest BCUT2D eigenvalue weighted by Gasteiger charge is 2.23. The molecule has 0 saturated heterocycles. The number of thiophene rings is 1. The zero-order valence-corrected chi connectivity index (χ0v) is 11.2. The van der Waals surface area contributed by atoms with Crippen LogP contribution in [0.4, 0.5) is 0 Å². The van der Waals surface area contributed by atoms with Gasteiger partial charge in [-0.25, -0.2) is 10.3 Å². The summed E-state index contributed by atoms with van der Waals surface area (Å²) in [6.07, 6.45) is 0. The SMILES string of the molecule is COC(=O)/C(N=N)=C(\O)c1c(Cl)sc(Cl)c1C. The van der Waals surface area contributed by atoms with Crippen molar-refractivity contribution in [2.24, 2.45) is 5.11 Å². The van der Waals surface area contributed by atoms with Gasteiger partial charge in [0.25, 0.3) is 0 Å². The molecule has 1 heterocycles. The van der Waals surface area contributed by atoms with Gasteiger partial charge in [0.05, 0.1) is 17.0 Å². The fraction of sp³-hybridized carbons (Fsp3) is 0.222. The lowest BCUT2D eigenvalue weighted by atomic mass is 10.1. The molecule has 1 aromatic rings. The van der Waals surface area contributed by atoms with Crippen LogP contribution in [0.2, 0.25) is 8.67 Å². The molecule has 5 nitrogen and oxygen atoms in total. The van der Waals surface area contributed by atoms with E-state index in [-0.39, 0.29) is 9.90 Å². The van der Waals surface area contributed by atoms with Crippen molar-refractivity contribution in [3.05, 3.63) is 25.5 Å². The molecule has 0 radical (unpaired) electrons. The second kappa shape index (κ2) is 5.48. The van der Waals surface area contributed by atoms with Gasteiger partial charge < -0.3 is 9.84 Å². The van der Waals surface area contributed by atoms with E-state index in [2.05, 4.69) is 9.85 Å². The summed E-state index contributed by atoms with van der Waals surface area (Å²) in [7, 11) is 1.12. The summed E-state index contributed by atoms with van der Waals surface area (Å²) < 4.78 is 5.00. The smallest absolute Gasteiger partial charge is 0.362 e. The second-order valence-corrected chi connectivity index (χ2v) is 5.17. The van der Waals surface area contributed by atoms with Gasteiger partial charge >= 0.3 is 5.97 Å². The number of esters is 1. The molecule has 92 valence electrons. The van der Waals surface area contributed by atoms with E-state index in [4.69, 9.17) is 28.7 Å². The fourth-order valence-electron chi connectivity index (χ4n) is 1.13. The van der Waals surface area contributed by atoms with Gasteiger partial charge in [0.15, 0.2) is 5.76 Å². The lowest BCUT2D eigenvalue weighted by Crippen LogP contribution is -2.05. The minimum Gasteiger partial charge on any atom is -0.505 e. The second-order valence-electron chi connectivity index (χ2n) is 2.95. The van der Waals surface area contributed by atoms with Crippen LogP contribution < -0.4 is 0 Å². The first-order valence-electron chi connectivity index (χ1n) is 4.27. The maximum absolute atomic E-state index is 11.3. The van der Waals surface area contributed by atoms with Crippen LogP contribution in [-0.4, -0.2) is 18.2 Å². The molecule has 2 N–H and O–H groups in total. The van der Waals surface area contributed by atoms with Gasteiger partial charge in [0.1, 0.15) is 4.34 Å². The molecule has 0 atom stereocenters. The molecule has 1 rings (SSSR count). The monoisotopic (exact) mass is 294 g/mol. The van der Waals surface area contributed by atoms with Crippen molar-refractivity contribution in [2.45, 2.75) is 6.92 Å². The van der Waals surface area contributed by atoms with Gasteiger partial charge in [0, 0.05) is 0 Å². The maximum Gasteiger partial charge on any atom is 0.362 e. The van der Waals surface area contributed by atoms with Crippen LogP contribution in [0, 0.1) is 12.5 Å². The largest absolute Gasteiger partial charge is 0.505 e. The summed E-state index contributed by atoms with van der Waals surface area (Å²) >= 11 is 12.8. The third-order valence-electron chi connectivity index (χ3n) is 2.00. The van der Waals surface area contributed by atoms with Crippen molar-refractivity contribution < 1.29 is 14.6 Å². The Morgan fingerprint density at radius 2 is 2.06 bits per heavy atom. The first-order chi connectivity index (χ1) is 7.93. The number of carbonyl (C=O) groups excluding carboxylic acids is 1. The Morgan fingerprint density at radius 3 is 2.41 bits per heavy atom. The van der Waals surface area contributed by atoms with Gasteiger partial charge in [-0.2, -0.15) is 0 Å². The van der Waals surface area contributed by atoms with Gasteiger partial charge in [0.2, 0.25) is 5.70 Å². The molecule has 0 unspecified atom stereocenters. The quantitative estimate of drug-likeness (QED) is 0.385. The number of hydrogen-bond acceptors (Lipinski definition) is 6. The number of halogens is 2. The Labute approximate surface area is 111 Å². The van der Waals surface area contributed by atoms with E-state index in [9.17, 15) is 9.90 Å². The van der Waals surface area contributed by atoms with Crippen molar-refractivity contribution in [3.8, 4) is 0 Å². The lowest BCUT2D eigenvalue weighted by molar-refractivity contribution is -0.136. The van der Waals surface area contributed by atoms with Crippen molar-refractivity contribution >= 4 is 46.3 Å². The normalized spacial score (nSPS) is 12.0. The third kappa shape index (κ3) is 2.59. The summed E-state index contributed by atoms with van der Waals surface area (Å²) in [5.74, 6) is -1.44. The maximum atomic E-state index is 11.3.